The summed E-state index contributed by atoms with van der Waals surface area (Å²) in [4.78, 5) is 13.7. The summed E-state index contributed by atoms with van der Waals surface area (Å²) in [5.74, 6) is -0.708. The molecule has 0 aliphatic carbocycles. The maximum absolute atomic E-state index is 14.1. The van der Waals surface area contributed by atoms with Gasteiger partial charge in [0.15, 0.2) is 6.73 Å². The van der Waals surface area contributed by atoms with Gasteiger partial charge < -0.3 is 14.1 Å². The number of benzene rings is 2. The third kappa shape index (κ3) is 2.45. The standard InChI is InChI=1S/C19H15F2NO3/c1-10-11(2)19(23)25-18-13(10)4-6-17-14(18)8-22(9-24-17)16-5-3-12(20)7-15(16)21/h3-7H,8-9H2,1-2H3. The summed E-state index contributed by atoms with van der Waals surface area (Å²) in [6, 6.07) is 7.08. The van der Waals surface area contributed by atoms with Crippen molar-refractivity contribution >= 4 is 16.7 Å². The largest absolute Gasteiger partial charge is 0.473 e. The predicted molar refractivity (Wildman–Crippen MR) is 90.0 cm³/mol. The lowest BCUT2D eigenvalue weighted by Gasteiger charge is -2.31. The van der Waals surface area contributed by atoms with Gasteiger partial charge in [0, 0.05) is 17.0 Å². The van der Waals surface area contributed by atoms with Crippen LogP contribution in [0.1, 0.15) is 16.7 Å². The molecule has 0 spiro atoms. The molecule has 2 aromatic carbocycles. The fourth-order valence-corrected chi connectivity index (χ4v) is 3.11. The maximum Gasteiger partial charge on any atom is 0.339 e. The molecule has 0 amide bonds. The first-order valence-corrected chi connectivity index (χ1v) is 7.84. The predicted octanol–water partition coefficient (Wildman–Crippen LogP) is 4.04. The monoisotopic (exact) mass is 343 g/mol. The first-order valence-electron chi connectivity index (χ1n) is 7.84. The third-order valence-electron chi connectivity index (χ3n) is 4.66. The number of rotatable bonds is 1. The van der Waals surface area contributed by atoms with Crippen LogP contribution in [0, 0.1) is 25.5 Å². The van der Waals surface area contributed by atoms with Crippen LogP contribution in [-0.2, 0) is 6.54 Å². The van der Waals surface area contributed by atoms with Gasteiger partial charge in [-0.2, -0.15) is 0 Å². The molecule has 1 aliphatic heterocycles. The fraction of sp³-hybridized carbons (Fsp3) is 0.211. The van der Waals surface area contributed by atoms with Crippen LogP contribution in [0.15, 0.2) is 39.5 Å². The van der Waals surface area contributed by atoms with Crippen LogP contribution in [0.3, 0.4) is 0 Å². The molecule has 4 nitrogen and oxygen atoms in total. The van der Waals surface area contributed by atoms with Crippen molar-refractivity contribution in [2.24, 2.45) is 0 Å². The topological polar surface area (TPSA) is 42.7 Å². The lowest BCUT2D eigenvalue weighted by molar-refractivity contribution is 0.287. The van der Waals surface area contributed by atoms with Crippen molar-refractivity contribution in [3.8, 4) is 5.75 Å². The van der Waals surface area contributed by atoms with Crippen LogP contribution in [0.4, 0.5) is 14.5 Å². The first kappa shape index (κ1) is 15.6. The Morgan fingerprint density at radius 2 is 1.88 bits per heavy atom. The van der Waals surface area contributed by atoms with E-state index in [0.717, 1.165) is 17.0 Å². The van der Waals surface area contributed by atoms with Gasteiger partial charge in [-0.1, -0.05) is 0 Å². The van der Waals surface area contributed by atoms with E-state index in [2.05, 4.69) is 0 Å². The summed E-state index contributed by atoms with van der Waals surface area (Å²) in [6.45, 7) is 4.00. The molecule has 0 radical (unpaired) electrons. The summed E-state index contributed by atoms with van der Waals surface area (Å²) in [5, 5.41) is 0.820. The van der Waals surface area contributed by atoms with Crippen molar-refractivity contribution in [2.45, 2.75) is 20.4 Å². The number of nitrogens with zero attached hydrogens (tertiary/aromatic N) is 1. The Morgan fingerprint density at radius 3 is 2.64 bits per heavy atom. The molecule has 0 saturated carbocycles. The highest BCUT2D eigenvalue weighted by Gasteiger charge is 2.24. The lowest BCUT2D eigenvalue weighted by atomic mass is 10.0. The van der Waals surface area contributed by atoms with E-state index in [4.69, 9.17) is 9.15 Å². The number of fused-ring (bicyclic) bond motifs is 3. The molecule has 4 rings (SSSR count). The Morgan fingerprint density at radius 1 is 1.08 bits per heavy atom. The van der Waals surface area contributed by atoms with Gasteiger partial charge in [0.05, 0.1) is 17.8 Å². The second-order valence-corrected chi connectivity index (χ2v) is 6.13. The molecular weight excluding hydrogens is 328 g/mol. The Labute approximate surface area is 142 Å². The molecule has 0 atom stereocenters. The molecule has 128 valence electrons. The highest BCUT2D eigenvalue weighted by Crippen LogP contribution is 2.35. The van der Waals surface area contributed by atoms with Crippen LogP contribution >= 0.6 is 0 Å². The molecule has 0 fully saturated rings. The molecule has 6 heteroatoms. The zero-order valence-corrected chi connectivity index (χ0v) is 13.7. The van der Waals surface area contributed by atoms with Gasteiger partial charge in [-0.15, -0.1) is 0 Å². The van der Waals surface area contributed by atoms with Crippen LogP contribution in [-0.4, -0.2) is 6.73 Å². The highest BCUT2D eigenvalue weighted by molar-refractivity contribution is 5.86. The van der Waals surface area contributed by atoms with Crippen LogP contribution in [0.2, 0.25) is 0 Å². The third-order valence-corrected chi connectivity index (χ3v) is 4.66. The van der Waals surface area contributed by atoms with Crippen LogP contribution in [0.25, 0.3) is 11.0 Å². The summed E-state index contributed by atoms with van der Waals surface area (Å²) >= 11 is 0. The number of ether oxygens (including phenoxy) is 1. The van der Waals surface area contributed by atoms with E-state index < -0.39 is 17.3 Å². The maximum atomic E-state index is 14.1. The van der Waals surface area contributed by atoms with E-state index in [0.29, 0.717) is 29.0 Å². The van der Waals surface area contributed by atoms with Crippen molar-refractivity contribution in [1.29, 1.82) is 0 Å². The van der Waals surface area contributed by atoms with Crippen molar-refractivity contribution in [3.63, 3.8) is 0 Å². The Balaban J connectivity index is 1.86. The molecule has 2 heterocycles. The Kier molecular flexibility index (Phi) is 3.49. The molecule has 0 saturated heterocycles. The summed E-state index contributed by atoms with van der Waals surface area (Å²) in [7, 11) is 0. The molecule has 1 aliphatic rings. The Hall–Kier alpha value is -2.89. The van der Waals surface area contributed by atoms with Gasteiger partial charge in [0.2, 0.25) is 0 Å². The minimum Gasteiger partial charge on any atom is -0.473 e. The minimum atomic E-state index is -0.666. The second kappa shape index (κ2) is 5.58. The van der Waals surface area contributed by atoms with Gasteiger partial charge in [-0.25, -0.2) is 13.6 Å². The Bertz CT molecular complexity index is 1060. The number of hydrogen-bond donors (Lipinski definition) is 0. The molecule has 0 N–H and O–H groups in total. The van der Waals surface area contributed by atoms with E-state index in [9.17, 15) is 13.6 Å². The summed E-state index contributed by atoms with van der Waals surface area (Å²) < 4.78 is 38.4. The number of hydrogen-bond acceptors (Lipinski definition) is 4. The highest BCUT2D eigenvalue weighted by atomic mass is 19.1. The second-order valence-electron chi connectivity index (χ2n) is 6.13. The van der Waals surface area contributed by atoms with Crippen LogP contribution in [0.5, 0.6) is 5.75 Å². The lowest BCUT2D eigenvalue weighted by Crippen LogP contribution is -2.32. The van der Waals surface area contributed by atoms with Gasteiger partial charge >= 0.3 is 5.63 Å². The normalized spacial score (nSPS) is 13.7. The van der Waals surface area contributed by atoms with Gasteiger partial charge in [-0.05, 0) is 43.7 Å². The van der Waals surface area contributed by atoms with Crippen LogP contribution < -0.4 is 15.3 Å². The first-order chi connectivity index (χ1) is 12.0. The average molecular weight is 343 g/mol. The summed E-state index contributed by atoms with van der Waals surface area (Å²) in [6.07, 6.45) is 0. The van der Waals surface area contributed by atoms with Gasteiger partial charge in [0.25, 0.3) is 0 Å². The van der Waals surface area contributed by atoms with E-state index in [1.54, 1.807) is 11.8 Å². The summed E-state index contributed by atoms with van der Waals surface area (Å²) in [5.41, 5.74) is 2.36. The van der Waals surface area contributed by atoms with Crippen molar-refractivity contribution in [2.75, 3.05) is 11.6 Å². The van der Waals surface area contributed by atoms with E-state index in [-0.39, 0.29) is 12.4 Å². The van der Waals surface area contributed by atoms with Crippen molar-refractivity contribution < 1.29 is 17.9 Å². The van der Waals surface area contributed by atoms with E-state index >= 15 is 0 Å². The molecule has 0 unspecified atom stereocenters. The van der Waals surface area contributed by atoms with Gasteiger partial charge in [0.1, 0.15) is 23.0 Å². The van der Waals surface area contributed by atoms with E-state index in [1.165, 1.54) is 12.1 Å². The number of aryl methyl sites for hydroxylation is 1. The molecule has 25 heavy (non-hydrogen) atoms. The van der Waals surface area contributed by atoms with E-state index in [1.807, 2.05) is 19.1 Å². The molecule has 3 aromatic rings. The molecular formula is C19H15F2NO3. The number of halogens is 2. The molecule has 0 bridgehead atoms. The SMILES string of the molecule is Cc1c(C)c2ccc3c(c2oc1=O)CN(c1ccc(F)cc1F)CO3. The zero-order chi connectivity index (χ0) is 17.7. The fourth-order valence-electron chi connectivity index (χ4n) is 3.11. The smallest absolute Gasteiger partial charge is 0.339 e. The average Bonchev–Trinajstić information content (AvgIpc) is 2.59. The van der Waals surface area contributed by atoms with Crippen molar-refractivity contribution in [1.82, 2.24) is 0 Å². The molecule has 1 aromatic heterocycles. The minimum absolute atomic E-state index is 0.121. The number of anilines is 1. The zero-order valence-electron chi connectivity index (χ0n) is 13.7. The quantitative estimate of drug-likeness (QED) is 0.625. The van der Waals surface area contributed by atoms with Crippen molar-refractivity contribution in [3.05, 3.63) is 69.1 Å². The van der Waals surface area contributed by atoms with Gasteiger partial charge in [-0.3, -0.25) is 0 Å².